The lowest BCUT2D eigenvalue weighted by atomic mass is 9.85. The van der Waals surface area contributed by atoms with Gasteiger partial charge in [0.05, 0.1) is 13.7 Å². The van der Waals surface area contributed by atoms with E-state index in [1.165, 1.54) is 19.2 Å². The quantitative estimate of drug-likeness (QED) is 0.874. The van der Waals surface area contributed by atoms with Crippen LogP contribution in [0, 0.1) is 0 Å². The SMILES string of the molecule is COc1cc(C2(C(F)(F)F)CCO2)ccc1O. The first-order valence-corrected chi connectivity index (χ1v) is 4.99. The first-order valence-electron chi connectivity index (χ1n) is 4.99. The average molecular weight is 248 g/mol. The van der Waals surface area contributed by atoms with Crippen molar-refractivity contribution in [3.63, 3.8) is 0 Å². The van der Waals surface area contributed by atoms with Crippen LogP contribution in [0.25, 0.3) is 0 Å². The molecule has 0 radical (unpaired) electrons. The van der Waals surface area contributed by atoms with E-state index in [9.17, 15) is 18.3 Å². The second kappa shape index (κ2) is 3.80. The summed E-state index contributed by atoms with van der Waals surface area (Å²) in [5, 5.41) is 9.35. The minimum Gasteiger partial charge on any atom is -0.504 e. The van der Waals surface area contributed by atoms with Crippen molar-refractivity contribution < 1.29 is 27.8 Å². The Hall–Kier alpha value is -1.43. The lowest BCUT2D eigenvalue weighted by Gasteiger charge is -2.43. The largest absolute Gasteiger partial charge is 0.504 e. The summed E-state index contributed by atoms with van der Waals surface area (Å²) < 4.78 is 48.4. The van der Waals surface area contributed by atoms with Gasteiger partial charge in [0.25, 0.3) is 0 Å². The Morgan fingerprint density at radius 3 is 2.47 bits per heavy atom. The molecule has 1 aromatic rings. The predicted octanol–water partition coefficient (Wildman–Crippen LogP) is 2.58. The third kappa shape index (κ3) is 1.72. The van der Waals surface area contributed by atoms with Crippen molar-refractivity contribution in [1.29, 1.82) is 0 Å². The maximum atomic E-state index is 12.9. The molecule has 0 bridgehead atoms. The highest BCUT2D eigenvalue weighted by Gasteiger charge is 2.61. The molecular formula is C11H11F3O3. The molecule has 2 rings (SSSR count). The molecule has 1 atom stereocenters. The van der Waals surface area contributed by atoms with Crippen LogP contribution < -0.4 is 4.74 Å². The number of phenols is 1. The molecule has 0 saturated carbocycles. The Morgan fingerprint density at radius 2 is 2.06 bits per heavy atom. The van der Waals surface area contributed by atoms with Crippen molar-refractivity contribution in [3.8, 4) is 11.5 Å². The summed E-state index contributed by atoms with van der Waals surface area (Å²) in [6.45, 7) is 0.0721. The van der Waals surface area contributed by atoms with Gasteiger partial charge in [-0.3, -0.25) is 0 Å². The van der Waals surface area contributed by atoms with Gasteiger partial charge in [-0.25, -0.2) is 0 Å². The maximum Gasteiger partial charge on any atom is 0.421 e. The van der Waals surface area contributed by atoms with Crippen LogP contribution in [0.4, 0.5) is 13.2 Å². The molecule has 0 aliphatic carbocycles. The highest BCUT2D eigenvalue weighted by atomic mass is 19.4. The number of hydrogen-bond donors (Lipinski definition) is 1. The number of methoxy groups -OCH3 is 1. The van der Waals surface area contributed by atoms with Gasteiger partial charge in [0.1, 0.15) is 0 Å². The van der Waals surface area contributed by atoms with Gasteiger partial charge < -0.3 is 14.6 Å². The third-order valence-corrected chi connectivity index (χ3v) is 2.91. The Labute approximate surface area is 95.8 Å². The van der Waals surface area contributed by atoms with Crippen LogP contribution in [0.1, 0.15) is 12.0 Å². The fourth-order valence-electron chi connectivity index (χ4n) is 1.85. The molecular weight excluding hydrogens is 237 g/mol. The molecule has 1 fully saturated rings. The number of phenolic OH excluding ortho intramolecular Hbond substituents is 1. The Bertz CT molecular complexity index is 424. The molecule has 1 N–H and O–H groups in total. The van der Waals surface area contributed by atoms with Gasteiger partial charge >= 0.3 is 6.18 Å². The average Bonchev–Trinajstić information content (AvgIpc) is 2.16. The van der Waals surface area contributed by atoms with Gasteiger partial charge in [0.2, 0.25) is 0 Å². The molecule has 0 spiro atoms. The number of ether oxygens (including phenoxy) is 2. The topological polar surface area (TPSA) is 38.7 Å². The molecule has 1 saturated heterocycles. The Morgan fingerprint density at radius 1 is 1.41 bits per heavy atom. The summed E-state index contributed by atoms with van der Waals surface area (Å²) in [7, 11) is 1.28. The fourth-order valence-corrected chi connectivity index (χ4v) is 1.85. The number of aromatic hydroxyl groups is 1. The van der Waals surface area contributed by atoms with Crippen LogP contribution in [0.2, 0.25) is 0 Å². The van der Waals surface area contributed by atoms with Crippen LogP contribution in [-0.2, 0) is 10.3 Å². The van der Waals surface area contributed by atoms with Gasteiger partial charge in [-0.1, -0.05) is 6.07 Å². The molecule has 1 aliphatic rings. The first-order chi connectivity index (χ1) is 7.90. The number of hydrogen-bond acceptors (Lipinski definition) is 3. The second-order valence-electron chi connectivity index (χ2n) is 3.81. The molecule has 94 valence electrons. The van der Waals surface area contributed by atoms with Crippen LogP contribution in [0.15, 0.2) is 18.2 Å². The Balaban J connectivity index is 2.45. The standard InChI is InChI=1S/C11H11F3O3/c1-16-9-6-7(2-3-8(9)15)10(4-5-17-10)11(12,13)14/h2-3,6,15H,4-5H2,1H3. The number of benzene rings is 1. The third-order valence-electron chi connectivity index (χ3n) is 2.91. The fraction of sp³-hybridized carbons (Fsp3) is 0.455. The minimum absolute atomic E-state index is 0.00150. The first kappa shape index (κ1) is 12.0. The highest BCUT2D eigenvalue weighted by Crippen LogP contribution is 2.51. The van der Waals surface area contributed by atoms with E-state index >= 15 is 0 Å². The van der Waals surface area contributed by atoms with Crippen LogP contribution >= 0.6 is 0 Å². The molecule has 0 amide bonds. The zero-order valence-corrected chi connectivity index (χ0v) is 9.04. The van der Waals surface area contributed by atoms with Gasteiger partial charge in [-0.05, 0) is 17.7 Å². The molecule has 3 nitrogen and oxygen atoms in total. The molecule has 1 aromatic carbocycles. The second-order valence-corrected chi connectivity index (χ2v) is 3.81. The van der Waals surface area contributed by atoms with Crippen LogP contribution in [-0.4, -0.2) is 25.0 Å². The van der Waals surface area contributed by atoms with Crippen molar-refractivity contribution in [3.05, 3.63) is 23.8 Å². The van der Waals surface area contributed by atoms with E-state index in [2.05, 4.69) is 0 Å². The van der Waals surface area contributed by atoms with E-state index in [0.717, 1.165) is 6.07 Å². The summed E-state index contributed by atoms with van der Waals surface area (Å²) in [4.78, 5) is 0. The Kier molecular flexibility index (Phi) is 2.69. The van der Waals surface area contributed by atoms with Crippen molar-refractivity contribution >= 4 is 0 Å². The summed E-state index contributed by atoms with van der Waals surface area (Å²) >= 11 is 0. The number of rotatable bonds is 2. The molecule has 1 heterocycles. The number of alkyl halides is 3. The molecule has 0 aromatic heterocycles. The van der Waals surface area contributed by atoms with Gasteiger partial charge in [-0.2, -0.15) is 13.2 Å². The van der Waals surface area contributed by atoms with E-state index in [1.807, 2.05) is 0 Å². The summed E-state index contributed by atoms with van der Waals surface area (Å²) in [6.07, 6.45) is -4.60. The van der Waals surface area contributed by atoms with E-state index in [0.29, 0.717) is 0 Å². The molecule has 1 unspecified atom stereocenters. The van der Waals surface area contributed by atoms with Crippen molar-refractivity contribution in [2.45, 2.75) is 18.2 Å². The van der Waals surface area contributed by atoms with Crippen molar-refractivity contribution in [1.82, 2.24) is 0 Å². The van der Waals surface area contributed by atoms with Crippen LogP contribution in [0.3, 0.4) is 0 Å². The zero-order chi connectivity index (χ0) is 12.7. The van der Waals surface area contributed by atoms with E-state index < -0.39 is 11.8 Å². The minimum atomic E-state index is -4.48. The summed E-state index contributed by atoms with van der Waals surface area (Å²) in [5.41, 5.74) is -2.31. The normalized spacial score (nSPS) is 24.2. The predicted molar refractivity (Wildman–Crippen MR) is 53.0 cm³/mol. The van der Waals surface area contributed by atoms with Crippen molar-refractivity contribution in [2.75, 3.05) is 13.7 Å². The zero-order valence-electron chi connectivity index (χ0n) is 9.04. The summed E-state index contributed by atoms with van der Waals surface area (Å²) in [5.74, 6) is -0.200. The monoisotopic (exact) mass is 248 g/mol. The van der Waals surface area contributed by atoms with Crippen molar-refractivity contribution in [2.24, 2.45) is 0 Å². The maximum absolute atomic E-state index is 12.9. The lowest BCUT2D eigenvalue weighted by Crippen LogP contribution is -2.52. The highest BCUT2D eigenvalue weighted by molar-refractivity contribution is 5.44. The van der Waals surface area contributed by atoms with Gasteiger partial charge in [-0.15, -0.1) is 0 Å². The molecule has 17 heavy (non-hydrogen) atoms. The summed E-state index contributed by atoms with van der Waals surface area (Å²) in [6, 6.07) is 3.52. The smallest absolute Gasteiger partial charge is 0.421 e. The van der Waals surface area contributed by atoms with Gasteiger partial charge in [0, 0.05) is 6.42 Å². The number of halogens is 3. The van der Waals surface area contributed by atoms with Crippen LogP contribution in [0.5, 0.6) is 11.5 Å². The lowest BCUT2D eigenvalue weighted by molar-refractivity contribution is -0.333. The molecule has 6 heteroatoms. The van der Waals surface area contributed by atoms with E-state index in [4.69, 9.17) is 9.47 Å². The van der Waals surface area contributed by atoms with E-state index in [-0.39, 0.29) is 30.1 Å². The van der Waals surface area contributed by atoms with E-state index in [1.54, 1.807) is 0 Å². The van der Waals surface area contributed by atoms with Gasteiger partial charge in [0.15, 0.2) is 17.1 Å². The molecule has 1 aliphatic heterocycles.